The van der Waals surface area contributed by atoms with Crippen molar-refractivity contribution in [1.82, 2.24) is 4.98 Å². The molecule has 1 heterocycles. The van der Waals surface area contributed by atoms with Gasteiger partial charge in [0.1, 0.15) is 0 Å². The van der Waals surface area contributed by atoms with E-state index < -0.39 is 23.0 Å². The molecule has 0 radical (unpaired) electrons. The van der Waals surface area contributed by atoms with Crippen LogP contribution in [0.1, 0.15) is 5.56 Å². The van der Waals surface area contributed by atoms with Crippen LogP contribution in [0.3, 0.4) is 0 Å². The zero-order valence-electron chi connectivity index (χ0n) is 7.99. The fraction of sp³-hybridized carbons (Fsp3) is 0.143. The first-order chi connectivity index (χ1) is 7.84. The maximum Gasteiger partial charge on any atom is 0.417 e. The Hall–Kier alpha value is -1.68. The van der Waals surface area contributed by atoms with Crippen LogP contribution in [-0.4, -0.2) is 20.2 Å². The highest BCUT2D eigenvalue weighted by Gasteiger charge is 2.31. The van der Waals surface area contributed by atoms with Gasteiger partial charge in [0.15, 0.2) is 5.82 Å². The maximum absolute atomic E-state index is 12.3. The lowest BCUT2D eigenvalue weighted by Crippen LogP contribution is -2.11. The zero-order chi connectivity index (χ0) is 13.1. The number of pyridine rings is 1. The Morgan fingerprint density at radius 2 is 2.12 bits per heavy atom. The molecule has 0 saturated heterocycles. The maximum atomic E-state index is 12.3. The lowest BCUT2D eigenvalue weighted by Gasteiger charge is -2.11. The number of alkyl halides is 3. The number of nitrogens with one attached hydrogen (secondary N) is 2. The first kappa shape index (κ1) is 13.4. The summed E-state index contributed by atoms with van der Waals surface area (Å²) in [7, 11) is 0. The second-order valence-corrected chi connectivity index (χ2v) is 3.43. The Labute approximate surface area is 95.7 Å². The minimum absolute atomic E-state index is 0.128. The number of hydrogen-bond donors (Lipinski definition) is 3. The molecule has 1 aromatic rings. The van der Waals surface area contributed by atoms with Gasteiger partial charge >= 0.3 is 6.18 Å². The summed E-state index contributed by atoms with van der Waals surface area (Å²) in [5.41, 5.74) is -1.44. The first-order valence-corrected chi connectivity index (χ1v) is 5.10. The van der Waals surface area contributed by atoms with Crippen LogP contribution in [0.25, 0.3) is 0 Å². The summed E-state index contributed by atoms with van der Waals surface area (Å²) < 4.78 is 57.8. The molecular formula is C7H6F3N3O3S. The van der Waals surface area contributed by atoms with Gasteiger partial charge in [-0.25, -0.2) is 9.19 Å². The highest BCUT2D eigenvalue weighted by Crippen LogP contribution is 2.32. The number of nitrogens with zero attached hydrogens (tertiary/aromatic N) is 1. The van der Waals surface area contributed by atoms with Gasteiger partial charge in [-0.1, -0.05) is 0 Å². The number of rotatable bonds is 4. The van der Waals surface area contributed by atoms with E-state index in [9.17, 15) is 22.2 Å². The van der Waals surface area contributed by atoms with Gasteiger partial charge in [-0.15, -0.1) is 0 Å². The lowest BCUT2D eigenvalue weighted by molar-refractivity contribution is -0.137. The Bertz CT molecular complexity index is 452. The van der Waals surface area contributed by atoms with E-state index in [2.05, 4.69) is 4.98 Å². The van der Waals surface area contributed by atoms with Crippen molar-refractivity contribution in [1.29, 1.82) is 0 Å². The summed E-state index contributed by atoms with van der Waals surface area (Å²) in [6.45, 7) is 0. The third-order valence-electron chi connectivity index (χ3n) is 1.61. The average molecular weight is 269 g/mol. The largest absolute Gasteiger partial charge is 0.417 e. The van der Waals surface area contributed by atoms with Gasteiger partial charge in [0.25, 0.3) is 11.3 Å². The molecule has 0 bridgehead atoms. The van der Waals surface area contributed by atoms with Crippen molar-refractivity contribution < 1.29 is 26.7 Å². The van der Waals surface area contributed by atoms with Gasteiger partial charge in [0.05, 0.1) is 11.3 Å². The average Bonchev–Trinajstić information content (AvgIpc) is 2.18. The molecule has 10 heteroatoms. The zero-order valence-corrected chi connectivity index (χ0v) is 8.80. The first-order valence-electron chi connectivity index (χ1n) is 3.99. The quantitative estimate of drug-likeness (QED) is 0.566. The van der Waals surface area contributed by atoms with E-state index in [-0.39, 0.29) is 17.9 Å². The van der Waals surface area contributed by atoms with Crippen molar-refractivity contribution in [2.24, 2.45) is 0 Å². The van der Waals surface area contributed by atoms with Crippen LogP contribution in [0.2, 0.25) is 0 Å². The summed E-state index contributed by atoms with van der Waals surface area (Å²) in [6.07, 6.45) is -4.02. The number of carbonyl (C=O) groups excluding carboxylic acids is 1. The molecule has 1 atom stereocenters. The number of anilines is 2. The smallest absolute Gasteiger partial charge is 0.326 e. The molecule has 1 unspecified atom stereocenters. The van der Waals surface area contributed by atoms with Crippen LogP contribution in [0, 0.1) is 0 Å². The highest BCUT2D eigenvalue weighted by atomic mass is 32.2. The Kier molecular flexibility index (Phi) is 4.02. The SMILES string of the molecule is O=CNc1cc(C(F)(F)F)cnc1NS(=O)O. The van der Waals surface area contributed by atoms with Gasteiger partial charge in [0.2, 0.25) is 6.41 Å². The standard InChI is InChI=1S/C7H6F3N3O3S/c8-7(9,10)4-1-5(12-3-14)6(11-2-4)13-17(15)16/h1-3H,(H,11,13)(H,12,14)(H,15,16). The molecule has 0 fully saturated rings. The molecule has 1 rings (SSSR count). The fourth-order valence-electron chi connectivity index (χ4n) is 0.957. The van der Waals surface area contributed by atoms with Crippen LogP contribution in [0.4, 0.5) is 24.7 Å². The van der Waals surface area contributed by atoms with E-state index in [0.29, 0.717) is 12.3 Å². The molecule has 0 aliphatic carbocycles. The van der Waals surface area contributed by atoms with E-state index in [1.165, 1.54) is 0 Å². The Balaban J connectivity index is 3.16. The lowest BCUT2D eigenvalue weighted by atomic mass is 10.2. The van der Waals surface area contributed by atoms with E-state index in [0.717, 1.165) is 0 Å². The molecule has 0 spiro atoms. The summed E-state index contributed by atoms with van der Waals surface area (Å²) in [5, 5.41) is 1.94. The van der Waals surface area contributed by atoms with E-state index in [1.807, 2.05) is 10.0 Å². The van der Waals surface area contributed by atoms with Crippen molar-refractivity contribution in [2.45, 2.75) is 6.18 Å². The summed E-state index contributed by atoms with van der Waals surface area (Å²) in [4.78, 5) is 13.5. The van der Waals surface area contributed by atoms with E-state index in [1.54, 1.807) is 0 Å². The molecule has 17 heavy (non-hydrogen) atoms. The van der Waals surface area contributed by atoms with Crippen LogP contribution in [0.5, 0.6) is 0 Å². The van der Waals surface area contributed by atoms with Crippen LogP contribution < -0.4 is 10.0 Å². The van der Waals surface area contributed by atoms with Gasteiger partial charge in [-0.05, 0) is 6.07 Å². The molecule has 0 aromatic carbocycles. The Morgan fingerprint density at radius 3 is 2.59 bits per heavy atom. The fourth-order valence-corrected chi connectivity index (χ4v) is 1.29. The molecule has 1 aromatic heterocycles. The van der Waals surface area contributed by atoms with Crippen molar-refractivity contribution in [2.75, 3.05) is 10.0 Å². The van der Waals surface area contributed by atoms with E-state index in [4.69, 9.17) is 4.55 Å². The van der Waals surface area contributed by atoms with Crippen molar-refractivity contribution in [3.05, 3.63) is 17.8 Å². The van der Waals surface area contributed by atoms with Crippen molar-refractivity contribution >= 4 is 29.2 Å². The number of carbonyl (C=O) groups is 1. The van der Waals surface area contributed by atoms with Crippen molar-refractivity contribution in [3.8, 4) is 0 Å². The second kappa shape index (κ2) is 5.10. The normalized spacial score (nSPS) is 12.9. The van der Waals surface area contributed by atoms with Gasteiger partial charge in [0, 0.05) is 6.20 Å². The Morgan fingerprint density at radius 1 is 1.47 bits per heavy atom. The second-order valence-electron chi connectivity index (χ2n) is 2.73. The molecule has 0 aliphatic heterocycles. The number of halogens is 3. The molecule has 0 aliphatic rings. The minimum Gasteiger partial charge on any atom is -0.326 e. The number of amides is 1. The van der Waals surface area contributed by atoms with Crippen molar-refractivity contribution in [3.63, 3.8) is 0 Å². The molecule has 94 valence electrons. The minimum atomic E-state index is -4.62. The van der Waals surface area contributed by atoms with Gasteiger partial charge in [-0.2, -0.15) is 13.2 Å². The molecule has 6 nitrogen and oxygen atoms in total. The van der Waals surface area contributed by atoms with Gasteiger partial charge < -0.3 is 5.32 Å². The predicted molar refractivity (Wildman–Crippen MR) is 53.3 cm³/mol. The number of aromatic nitrogens is 1. The predicted octanol–water partition coefficient (Wildman–Crippen LogP) is 1.22. The molecule has 0 saturated carbocycles. The number of hydrogen-bond acceptors (Lipinski definition) is 3. The summed E-state index contributed by atoms with van der Waals surface area (Å²) >= 11 is -2.51. The van der Waals surface area contributed by atoms with Crippen LogP contribution in [0.15, 0.2) is 12.3 Å². The van der Waals surface area contributed by atoms with Crippen LogP contribution >= 0.6 is 0 Å². The third kappa shape index (κ3) is 3.67. The van der Waals surface area contributed by atoms with E-state index >= 15 is 0 Å². The molecule has 1 amide bonds. The summed E-state index contributed by atoms with van der Waals surface area (Å²) in [5.74, 6) is -0.342. The molecular weight excluding hydrogens is 263 g/mol. The topological polar surface area (TPSA) is 91.3 Å². The highest BCUT2D eigenvalue weighted by molar-refractivity contribution is 7.80. The molecule has 3 N–H and O–H groups in total. The summed E-state index contributed by atoms with van der Waals surface area (Å²) in [6, 6.07) is 0.594. The van der Waals surface area contributed by atoms with Crippen LogP contribution in [-0.2, 0) is 22.2 Å². The monoisotopic (exact) mass is 269 g/mol. The van der Waals surface area contributed by atoms with Gasteiger partial charge in [-0.3, -0.25) is 14.1 Å². The third-order valence-corrected chi connectivity index (χ3v) is 1.98.